The zero-order chi connectivity index (χ0) is 22.4. The van der Waals surface area contributed by atoms with Crippen molar-refractivity contribution < 1.29 is 19.4 Å². The second kappa shape index (κ2) is 14.7. The number of hydrogen-bond acceptors (Lipinski definition) is 6. The smallest absolute Gasteiger partial charge is 0.236 e. The number of amides is 2. The molecular weight excluding hydrogens is 372 g/mol. The van der Waals surface area contributed by atoms with E-state index in [1.165, 1.54) is 0 Å². The number of nitrogens with one attached hydrogen (secondary N) is 1. The molecule has 0 aliphatic heterocycles. The lowest BCUT2D eigenvalue weighted by Crippen LogP contribution is -2.45. The summed E-state index contributed by atoms with van der Waals surface area (Å²) in [5.74, 6) is -0.0622. The summed E-state index contributed by atoms with van der Waals surface area (Å²) >= 11 is 0. The summed E-state index contributed by atoms with van der Waals surface area (Å²) in [7, 11) is 2.07. The summed E-state index contributed by atoms with van der Waals surface area (Å²) in [5, 5.41) is 11.4. The topological polar surface area (TPSA) is 108 Å². The minimum atomic E-state index is -0.561. The van der Waals surface area contributed by atoms with Crippen molar-refractivity contribution in [3.8, 4) is 0 Å². The molecule has 1 atom stereocenters. The van der Waals surface area contributed by atoms with Crippen LogP contribution < -0.4 is 11.1 Å². The lowest BCUT2D eigenvalue weighted by Gasteiger charge is -2.34. The molecule has 8 heteroatoms. The van der Waals surface area contributed by atoms with Crippen LogP contribution in [0.1, 0.15) is 53.9 Å². The zero-order valence-electron chi connectivity index (χ0n) is 19.4. The van der Waals surface area contributed by atoms with Crippen molar-refractivity contribution in [2.45, 2.75) is 65.5 Å². The van der Waals surface area contributed by atoms with Crippen LogP contribution in [0, 0.1) is 5.92 Å². The third kappa shape index (κ3) is 12.8. The Labute approximate surface area is 177 Å². The quantitative estimate of drug-likeness (QED) is 0.341. The molecule has 0 saturated heterocycles. The Morgan fingerprint density at radius 2 is 1.76 bits per heavy atom. The van der Waals surface area contributed by atoms with Crippen molar-refractivity contribution in [2.24, 2.45) is 11.7 Å². The minimum absolute atomic E-state index is 0.0315. The maximum Gasteiger partial charge on any atom is 0.236 e. The molecule has 0 aromatic rings. The number of aliphatic hydroxyl groups is 1. The summed E-state index contributed by atoms with van der Waals surface area (Å²) in [6.07, 6.45) is 2.18. The number of nitrogens with two attached hydrogens (primary N) is 1. The van der Waals surface area contributed by atoms with Crippen LogP contribution in [-0.4, -0.2) is 91.3 Å². The Bertz CT molecular complexity index is 466. The first-order valence-corrected chi connectivity index (χ1v) is 10.7. The Morgan fingerprint density at radius 1 is 1.10 bits per heavy atom. The molecule has 0 spiro atoms. The van der Waals surface area contributed by atoms with Crippen LogP contribution in [0.4, 0.5) is 0 Å². The van der Waals surface area contributed by atoms with Crippen molar-refractivity contribution in [1.29, 1.82) is 0 Å². The first-order valence-electron chi connectivity index (χ1n) is 10.7. The number of unbranched alkanes of at least 4 members (excludes halogenated alkanes) is 1. The highest BCUT2D eigenvalue weighted by Gasteiger charge is 2.21. The predicted molar refractivity (Wildman–Crippen MR) is 117 cm³/mol. The number of hydrogen-bond donors (Lipinski definition) is 3. The van der Waals surface area contributed by atoms with E-state index >= 15 is 0 Å². The molecule has 0 fully saturated rings. The molecule has 0 saturated carbocycles. The fourth-order valence-corrected chi connectivity index (χ4v) is 2.65. The van der Waals surface area contributed by atoms with Gasteiger partial charge in [0.1, 0.15) is 0 Å². The number of carbonyl (C=O) groups is 2. The van der Waals surface area contributed by atoms with E-state index < -0.39 is 6.04 Å². The Kier molecular flexibility index (Phi) is 14.1. The van der Waals surface area contributed by atoms with Crippen molar-refractivity contribution in [1.82, 2.24) is 15.1 Å². The summed E-state index contributed by atoms with van der Waals surface area (Å²) < 4.78 is 5.09. The van der Waals surface area contributed by atoms with Gasteiger partial charge in [0, 0.05) is 37.6 Å². The maximum absolute atomic E-state index is 12.5. The first kappa shape index (κ1) is 27.8. The Hall–Kier alpha value is -1.22. The zero-order valence-corrected chi connectivity index (χ0v) is 19.4. The molecule has 0 radical (unpaired) electrons. The molecule has 0 aliphatic carbocycles. The third-order valence-corrected chi connectivity index (χ3v) is 4.97. The molecule has 0 bridgehead atoms. The second-order valence-corrected chi connectivity index (χ2v) is 8.80. The van der Waals surface area contributed by atoms with E-state index in [0.717, 1.165) is 19.4 Å². The van der Waals surface area contributed by atoms with Crippen LogP contribution >= 0.6 is 0 Å². The summed E-state index contributed by atoms with van der Waals surface area (Å²) in [6.45, 7) is 13.5. The van der Waals surface area contributed by atoms with Crippen molar-refractivity contribution in [3.05, 3.63) is 0 Å². The van der Waals surface area contributed by atoms with E-state index in [1.807, 2.05) is 18.7 Å². The van der Waals surface area contributed by atoms with Gasteiger partial charge in [0.05, 0.1) is 25.9 Å². The van der Waals surface area contributed by atoms with Crippen LogP contribution in [0.15, 0.2) is 0 Å². The summed E-state index contributed by atoms with van der Waals surface area (Å²) in [5.41, 5.74) is 6.01. The van der Waals surface area contributed by atoms with Crippen LogP contribution in [0.5, 0.6) is 0 Å². The molecular formula is C21H44N4O4. The molecule has 2 amide bonds. The van der Waals surface area contributed by atoms with E-state index in [4.69, 9.17) is 15.6 Å². The van der Waals surface area contributed by atoms with Gasteiger partial charge in [-0.3, -0.25) is 14.5 Å². The molecule has 8 nitrogen and oxygen atoms in total. The lowest BCUT2D eigenvalue weighted by molar-refractivity contribution is -0.135. The van der Waals surface area contributed by atoms with Gasteiger partial charge >= 0.3 is 0 Å². The molecule has 0 aromatic carbocycles. The molecule has 172 valence electrons. The number of carbonyl (C=O) groups excluding carboxylic acids is 2. The normalized spacial score (nSPS) is 13.0. The number of likely N-dealkylation sites (N-methyl/N-ethyl adjacent to an activating group) is 1. The van der Waals surface area contributed by atoms with Gasteiger partial charge in [-0.15, -0.1) is 0 Å². The van der Waals surface area contributed by atoms with E-state index in [2.05, 4.69) is 38.0 Å². The summed E-state index contributed by atoms with van der Waals surface area (Å²) in [6, 6.07) is -0.561. The van der Waals surface area contributed by atoms with E-state index in [9.17, 15) is 9.59 Å². The minimum Gasteiger partial charge on any atom is -0.394 e. The van der Waals surface area contributed by atoms with E-state index in [1.54, 1.807) is 0 Å². The SMILES string of the molecule is CC(C)C(=O)N(CCCC[C@H](N)C(=O)NCCOCCO)CCN(C)C(C)(C)C. The van der Waals surface area contributed by atoms with Gasteiger partial charge in [-0.1, -0.05) is 13.8 Å². The molecule has 29 heavy (non-hydrogen) atoms. The lowest BCUT2D eigenvalue weighted by atomic mass is 10.1. The summed E-state index contributed by atoms with van der Waals surface area (Å²) in [4.78, 5) is 28.7. The highest BCUT2D eigenvalue weighted by atomic mass is 16.5. The third-order valence-electron chi connectivity index (χ3n) is 4.97. The average molecular weight is 417 g/mol. The van der Waals surface area contributed by atoms with Crippen LogP contribution in [0.25, 0.3) is 0 Å². The highest BCUT2D eigenvalue weighted by molar-refractivity contribution is 5.81. The highest BCUT2D eigenvalue weighted by Crippen LogP contribution is 2.11. The van der Waals surface area contributed by atoms with Gasteiger partial charge < -0.3 is 25.8 Å². The van der Waals surface area contributed by atoms with Crippen LogP contribution in [0.3, 0.4) is 0 Å². The van der Waals surface area contributed by atoms with E-state index in [-0.39, 0.29) is 36.5 Å². The maximum atomic E-state index is 12.5. The van der Waals surface area contributed by atoms with Gasteiger partial charge in [0.2, 0.25) is 11.8 Å². The first-order chi connectivity index (χ1) is 13.5. The molecule has 0 rings (SSSR count). The largest absolute Gasteiger partial charge is 0.394 e. The van der Waals surface area contributed by atoms with Crippen LogP contribution in [0.2, 0.25) is 0 Å². The van der Waals surface area contributed by atoms with Crippen molar-refractivity contribution in [2.75, 3.05) is 53.0 Å². The average Bonchev–Trinajstić information content (AvgIpc) is 2.65. The van der Waals surface area contributed by atoms with Gasteiger partial charge in [-0.25, -0.2) is 0 Å². The molecule has 4 N–H and O–H groups in total. The van der Waals surface area contributed by atoms with Crippen molar-refractivity contribution in [3.63, 3.8) is 0 Å². The van der Waals surface area contributed by atoms with E-state index in [0.29, 0.717) is 32.7 Å². The van der Waals surface area contributed by atoms with Crippen molar-refractivity contribution >= 4 is 11.8 Å². The number of rotatable bonds is 15. The number of nitrogens with zero attached hydrogens (tertiary/aromatic N) is 2. The van der Waals surface area contributed by atoms with Gasteiger partial charge in [0.15, 0.2) is 0 Å². The number of ether oxygens (including phenoxy) is 1. The molecule has 0 heterocycles. The predicted octanol–water partition coefficient (Wildman–Crippen LogP) is 0.824. The second-order valence-electron chi connectivity index (χ2n) is 8.80. The molecule has 0 aliphatic rings. The van der Waals surface area contributed by atoms with Crippen LogP contribution in [-0.2, 0) is 14.3 Å². The standard InChI is InChI=1S/C21H44N4O4/c1-17(2)20(28)25(13-12-24(6)21(3,4)5)11-8-7-9-18(22)19(27)23-10-15-29-16-14-26/h17-18,26H,7-16,22H2,1-6H3,(H,23,27)/t18-/m0/s1. The molecule has 0 aromatic heterocycles. The number of aliphatic hydroxyl groups excluding tert-OH is 1. The van der Waals surface area contributed by atoms with Gasteiger partial charge in [-0.05, 0) is 47.1 Å². The Balaban J connectivity index is 4.28. The fraction of sp³-hybridized carbons (Fsp3) is 0.905. The fourth-order valence-electron chi connectivity index (χ4n) is 2.65. The van der Waals surface area contributed by atoms with Gasteiger partial charge in [0.25, 0.3) is 0 Å². The van der Waals surface area contributed by atoms with Gasteiger partial charge in [-0.2, -0.15) is 0 Å². The molecule has 0 unspecified atom stereocenters. The Morgan fingerprint density at radius 3 is 2.31 bits per heavy atom. The monoisotopic (exact) mass is 416 g/mol.